The van der Waals surface area contributed by atoms with Gasteiger partial charge in [-0.15, -0.1) is 0 Å². The van der Waals surface area contributed by atoms with E-state index in [2.05, 4.69) is 193 Å². The number of anilines is 3. The summed E-state index contributed by atoms with van der Waals surface area (Å²) < 4.78 is 2.93. The number of rotatable bonds is 5. The summed E-state index contributed by atoms with van der Waals surface area (Å²) in [6.45, 7) is 0. The number of nitrogens with zero attached hydrogens (tertiary/aromatic N) is 1. The molecule has 10 rings (SSSR count). The Kier molecular flexibility index (Phi) is 6.49. The van der Waals surface area contributed by atoms with E-state index in [1.165, 1.54) is 69.1 Å². The van der Waals surface area contributed by atoms with E-state index >= 15 is 0 Å². The van der Waals surface area contributed by atoms with Crippen LogP contribution in [0.5, 0.6) is 0 Å². The predicted molar refractivity (Wildman–Crippen MR) is 208 cm³/mol. The Balaban J connectivity index is 1.21. The third kappa shape index (κ3) is 4.25. The van der Waals surface area contributed by atoms with Gasteiger partial charge >= 0.3 is 293 Å². The Morgan fingerprint density at radius 3 is 1.76 bits per heavy atom. The van der Waals surface area contributed by atoms with Crippen LogP contribution >= 0.6 is 0 Å². The molecular weight excluding hydrogens is 657 g/mol. The van der Waals surface area contributed by atoms with E-state index in [1.54, 1.807) is 0 Å². The van der Waals surface area contributed by atoms with Gasteiger partial charge in [-0.1, -0.05) is 0 Å². The maximum atomic E-state index is 2.44. The third-order valence-corrected chi connectivity index (χ3v) is 12.8. The van der Waals surface area contributed by atoms with Crippen molar-refractivity contribution in [2.45, 2.75) is 5.41 Å². The quantitative estimate of drug-likeness (QED) is 0.163. The summed E-state index contributed by atoms with van der Waals surface area (Å²) in [4.78, 5) is 2.44. The first kappa shape index (κ1) is 28.4. The summed E-state index contributed by atoms with van der Waals surface area (Å²) in [7, 11) is 0. The molecule has 0 bridgehead atoms. The van der Waals surface area contributed by atoms with Crippen LogP contribution in [0.3, 0.4) is 0 Å². The fourth-order valence-electron chi connectivity index (χ4n) is 8.25. The molecular formula is C47H31NSe. The number of para-hydroxylation sites is 1. The average molecular weight is 689 g/mol. The number of hydrogen-bond acceptors (Lipinski definition) is 1. The van der Waals surface area contributed by atoms with Crippen molar-refractivity contribution in [3.63, 3.8) is 0 Å². The maximum absolute atomic E-state index is 2.44. The molecule has 2 heteroatoms. The van der Waals surface area contributed by atoms with Crippen molar-refractivity contribution in [3.8, 4) is 11.1 Å². The van der Waals surface area contributed by atoms with Crippen molar-refractivity contribution in [2.24, 2.45) is 0 Å². The van der Waals surface area contributed by atoms with Gasteiger partial charge in [0.25, 0.3) is 0 Å². The fourth-order valence-corrected chi connectivity index (χ4v) is 10.9. The van der Waals surface area contributed by atoms with Crippen LogP contribution in [-0.4, -0.2) is 14.5 Å². The third-order valence-electron chi connectivity index (χ3n) is 10.3. The molecule has 1 nitrogen and oxygen atoms in total. The molecule has 0 amide bonds. The van der Waals surface area contributed by atoms with Gasteiger partial charge < -0.3 is 0 Å². The first-order chi connectivity index (χ1) is 24.3. The zero-order valence-corrected chi connectivity index (χ0v) is 28.5. The first-order valence-corrected chi connectivity index (χ1v) is 18.6. The predicted octanol–water partition coefficient (Wildman–Crippen LogP) is 12.0. The van der Waals surface area contributed by atoms with E-state index in [-0.39, 0.29) is 14.5 Å². The zero-order valence-electron chi connectivity index (χ0n) is 26.8. The van der Waals surface area contributed by atoms with Crippen LogP contribution in [0.2, 0.25) is 0 Å². The zero-order chi connectivity index (χ0) is 32.4. The molecule has 0 fully saturated rings. The molecule has 0 saturated carbocycles. The minimum absolute atomic E-state index is 0.223. The van der Waals surface area contributed by atoms with E-state index in [9.17, 15) is 0 Å². The van der Waals surface area contributed by atoms with Gasteiger partial charge in [-0.25, -0.2) is 0 Å². The minimum atomic E-state index is -0.448. The summed E-state index contributed by atoms with van der Waals surface area (Å²) >= 11 is 0.223. The monoisotopic (exact) mass is 689 g/mol. The number of hydrogen-bond donors (Lipinski definition) is 0. The molecule has 1 heterocycles. The van der Waals surface area contributed by atoms with Crippen LogP contribution in [0.15, 0.2) is 188 Å². The molecule has 1 aromatic heterocycles. The normalized spacial score (nSPS) is 13.1. The second kappa shape index (κ2) is 11.2. The van der Waals surface area contributed by atoms with E-state index in [4.69, 9.17) is 0 Å². The van der Waals surface area contributed by atoms with Gasteiger partial charge in [0.1, 0.15) is 0 Å². The van der Waals surface area contributed by atoms with Crippen molar-refractivity contribution < 1.29 is 0 Å². The SMILES string of the molecule is c1ccc(N(c2cccc(C3(c4ccccc4)c4ccccc4-c4ccccc43)c2)c2ccc3c(c2)[se]c2c4ccccc4ccc32)cc1. The van der Waals surface area contributed by atoms with Crippen LogP contribution < -0.4 is 4.90 Å². The Labute approximate surface area is 292 Å². The van der Waals surface area contributed by atoms with Crippen molar-refractivity contribution in [1.29, 1.82) is 0 Å². The molecule has 0 atom stereocenters. The van der Waals surface area contributed by atoms with E-state index in [1.807, 2.05) is 0 Å². The Hall–Kier alpha value is -5.66. The van der Waals surface area contributed by atoms with Crippen LogP contribution in [0, 0.1) is 0 Å². The van der Waals surface area contributed by atoms with E-state index in [0.29, 0.717) is 0 Å². The molecule has 1 aliphatic rings. The van der Waals surface area contributed by atoms with Crippen LogP contribution in [-0.2, 0) is 5.41 Å². The van der Waals surface area contributed by atoms with Gasteiger partial charge in [-0.3, -0.25) is 0 Å². The van der Waals surface area contributed by atoms with Gasteiger partial charge in [-0.05, 0) is 0 Å². The van der Waals surface area contributed by atoms with E-state index < -0.39 is 5.41 Å². The molecule has 0 aliphatic heterocycles. The summed E-state index contributed by atoms with van der Waals surface area (Å²) in [5, 5.41) is 5.46. The Morgan fingerprint density at radius 1 is 0.388 bits per heavy atom. The second-order valence-corrected chi connectivity index (χ2v) is 15.1. The van der Waals surface area contributed by atoms with Crippen LogP contribution in [0.4, 0.5) is 17.1 Å². The number of fused-ring (bicyclic) bond motifs is 8. The van der Waals surface area contributed by atoms with Crippen LogP contribution in [0.25, 0.3) is 41.2 Å². The molecule has 1 aliphatic carbocycles. The number of benzene rings is 8. The molecule has 9 aromatic rings. The van der Waals surface area contributed by atoms with E-state index in [0.717, 1.165) is 11.4 Å². The summed E-state index contributed by atoms with van der Waals surface area (Å²) in [6.07, 6.45) is 0. The van der Waals surface area contributed by atoms with Gasteiger partial charge in [0, 0.05) is 0 Å². The van der Waals surface area contributed by atoms with Crippen LogP contribution in [0.1, 0.15) is 22.3 Å². The van der Waals surface area contributed by atoms with Gasteiger partial charge in [0.05, 0.1) is 0 Å². The van der Waals surface area contributed by atoms with Gasteiger partial charge in [-0.2, -0.15) is 0 Å². The molecule has 8 aromatic carbocycles. The van der Waals surface area contributed by atoms with Crippen molar-refractivity contribution in [1.82, 2.24) is 0 Å². The molecule has 0 saturated heterocycles. The average Bonchev–Trinajstić information content (AvgIpc) is 3.70. The van der Waals surface area contributed by atoms with Crippen molar-refractivity contribution in [3.05, 3.63) is 210 Å². The Morgan fingerprint density at radius 2 is 0.980 bits per heavy atom. The van der Waals surface area contributed by atoms with Crippen molar-refractivity contribution in [2.75, 3.05) is 4.90 Å². The standard InChI is InChI=1S/C47H31NSe/c1-3-15-33(16-4-1)47(43-24-11-9-22-39(43)40-23-10-12-25-44(40)47)34-17-13-20-36(30-34)48(35-18-5-2-6-19-35)37-27-29-41-42-28-26-32-14-7-8-21-38(32)46(42)49-45(41)31-37/h1-31H. The molecule has 0 unspecified atom stereocenters. The van der Waals surface area contributed by atoms with Gasteiger partial charge in [0.15, 0.2) is 0 Å². The topological polar surface area (TPSA) is 3.24 Å². The molecule has 230 valence electrons. The second-order valence-electron chi connectivity index (χ2n) is 12.9. The van der Waals surface area contributed by atoms with Crippen molar-refractivity contribution >= 4 is 61.6 Å². The molecule has 0 N–H and O–H groups in total. The summed E-state index contributed by atoms with van der Waals surface area (Å²) in [6, 6.07) is 69.6. The summed E-state index contributed by atoms with van der Waals surface area (Å²) in [5.74, 6) is 0. The first-order valence-electron chi connectivity index (χ1n) is 16.9. The molecule has 0 radical (unpaired) electrons. The molecule has 0 spiro atoms. The fraction of sp³-hybridized carbons (Fsp3) is 0.0213. The molecule has 49 heavy (non-hydrogen) atoms. The Bertz CT molecular complexity index is 2630. The van der Waals surface area contributed by atoms with Gasteiger partial charge in [0.2, 0.25) is 0 Å². The summed E-state index contributed by atoms with van der Waals surface area (Å²) in [5.41, 5.74) is 10.8.